The van der Waals surface area contributed by atoms with Gasteiger partial charge in [0.1, 0.15) is 5.78 Å². The first-order valence-corrected chi connectivity index (χ1v) is 20.2. The molecule has 0 spiro atoms. The van der Waals surface area contributed by atoms with Crippen LogP contribution in [0.2, 0.25) is 0 Å². The van der Waals surface area contributed by atoms with E-state index in [1.807, 2.05) is 0 Å². The van der Waals surface area contributed by atoms with Crippen molar-refractivity contribution in [1.82, 2.24) is 0 Å². The lowest BCUT2D eigenvalue weighted by atomic mass is 9.67. The number of carbonyl (C=O) groups is 2. The van der Waals surface area contributed by atoms with Gasteiger partial charge < -0.3 is 5.73 Å². The summed E-state index contributed by atoms with van der Waals surface area (Å²) in [5.41, 5.74) is 5.88. The Labute approximate surface area is 281 Å². The number of nitrogens with two attached hydrogens (primary N) is 1. The summed E-state index contributed by atoms with van der Waals surface area (Å²) in [6.45, 7) is 4.55. The fourth-order valence-corrected chi connectivity index (χ4v) is 7.11. The molecule has 0 heterocycles. The van der Waals surface area contributed by atoms with Gasteiger partial charge in [0.25, 0.3) is 0 Å². The van der Waals surface area contributed by atoms with Crippen LogP contribution in [0.4, 0.5) is 0 Å². The lowest BCUT2D eigenvalue weighted by Gasteiger charge is -2.39. The number of rotatable bonds is 32. The van der Waals surface area contributed by atoms with Gasteiger partial charge in [0.2, 0.25) is 0 Å². The second kappa shape index (κ2) is 30.1. The van der Waals surface area contributed by atoms with Crippen LogP contribution >= 0.6 is 0 Å². The highest BCUT2D eigenvalue weighted by Gasteiger charge is 2.45. The van der Waals surface area contributed by atoms with Crippen LogP contribution in [0, 0.1) is 5.92 Å². The smallest absolute Gasteiger partial charge is 0.153 e. The van der Waals surface area contributed by atoms with Gasteiger partial charge in [-0.2, -0.15) is 0 Å². The average molecular weight is 628 g/mol. The molecule has 1 aliphatic rings. The van der Waals surface area contributed by atoms with Crippen LogP contribution in [0.5, 0.6) is 0 Å². The Morgan fingerprint density at radius 1 is 0.533 bits per heavy atom. The van der Waals surface area contributed by atoms with Crippen molar-refractivity contribution in [3.05, 3.63) is 24.3 Å². The molecular weight excluding hydrogens is 550 g/mol. The molecule has 0 aromatic heterocycles. The summed E-state index contributed by atoms with van der Waals surface area (Å²) in [6, 6.07) is 0. The minimum atomic E-state index is -0.905. The number of hydrogen-bond donors (Lipinski definition) is 1. The maximum atomic E-state index is 13.3. The monoisotopic (exact) mass is 628 g/mol. The highest BCUT2D eigenvalue weighted by atomic mass is 16.1. The highest BCUT2D eigenvalue weighted by molar-refractivity contribution is 5.95. The normalized spacial score (nSPS) is 18.8. The number of carbonyl (C=O) groups excluding carboxylic acids is 2. The minimum absolute atomic E-state index is 0.155. The topological polar surface area (TPSA) is 60.2 Å². The Bertz CT molecular complexity index is 756. The third-order valence-corrected chi connectivity index (χ3v) is 10.2. The molecule has 2 N–H and O–H groups in total. The van der Waals surface area contributed by atoms with E-state index < -0.39 is 5.54 Å². The molecule has 0 aromatic carbocycles. The molecule has 1 rings (SSSR count). The molecule has 3 heteroatoms. The van der Waals surface area contributed by atoms with Crippen molar-refractivity contribution in [1.29, 1.82) is 0 Å². The molecule has 45 heavy (non-hydrogen) atoms. The van der Waals surface area contributed by atoms with E-state index in [1.165, 1.54) is 141 Å². The molecule has 1 fully saturated rings. The van der Waals surface area contributed by atoms with E-state index in [1.54, 1.807) is 0 Å². The Morgan fingerprint density at radius 2 is 0.911 bits per heavy atom. The molecule has 0 aromatic rings. The molecule has 0 aliphatic heterocycles. The molecule has 1 aliphatic carbocycles. The predicted octanol–water partition coefficient (Wildman–Crippen LogP) is 13.1. The third kappa shape index (κ3) is 22.1. The standard InChI is InChI=1S/C42H77NO2/c1-3-5-7-9-11-13-15-17-19-21-23-25-27-29-31-36-40(44)39-35-33-34-38-42(39,43)41(45)37-32-30-28-26-24-22-20-18-16-14-12-10-8-6-4-2/h17-20,39H,3-16,21-38,43H2,1-2H3/b19-17-,20-18-. The van der Waals surface area contributed by atoms with Crippen molar-refractivity contribution in [2.45, 2.75) is 225 Å². The van der Waals surface area contributed by atoms with Crippen LogP contribution in [-0.4, -0.2) is 17.1 Å². The molecule has 262 valence electrons. The summed E-state index contributed by atoms with van der Waals surface area (Å²) in [5, 5.41) is 0. The summed E-state index contributed by atoms with van der Waals surface area (Å²) in [6.07, 6.45) is 46.8. The summed E-state index contributed by atoms with van der Waals surface area (Å²) < 4.78 is 0. The number of ketones is 2. The van der Waals surface area contributed by atoms with Gasteiger partial charge in [-0.25, -0.2) is 0 Å². The summed E-state index contributed by atoms with van der Waals surface area (Å²) >= 11 is 0. The van der Waals surface area contributed by atoms with Gasteiger partial charge in [-0.3, -0.25) is 9.59 Å². The number of Topliss-reactive ketones (excluding diaryl/α,β-unsaturated/α-hetero) is 2. The predicted molar refractivity (Wildman–Crippen MR) is 198 cm³/mol. The molecule has 1 saturated carbocycles. The Balaban J connectivity index is 2.11. The first-order valence-electron chi connectivity index (χ1n) is 20.2. The van der Waals surface area contributed by atoms with Crippen LogP contribution in [-0.2, 0) is 9.59 Å². The zero-order valence-electron chi connectivity index (χ0n) is 30.4. The van der Waals surface area contributed by atoms with Crippen molar-refractivity contribution in [3.8, 4) is 0 Å². The van der Waals surface area contributed by atoms with E-state index in [4.69, 9.17) is 5.73 Å². The van der Waals surface area contributed by atoms with E-state index in [2.05, 4.69) is 38.2 Å². The largest absolute Gasteiger partial charge is 0.318 e. The maximum Gasteiger partial charge on any atom is 0.153 e. The Kier molecular flexibility index (Phi) is 28.0. The Morgan fingerprint density at radius 3 is 1.36 bits per heavy atom. The fraction of sp³-hybridized carbons (Fsp3) is 0.857. The molecule has 0 bridgehead atoms. The lowest BCUT2D eigenvalue weighted by Crippen LogP contribution is -2.58. The van der Waals surface area contributed by atoms with Crippen LogP contribution in [0.1, 0.15) is 219 Å². The second-order valence-electron chi connectivity index (χ2n) is 14.4. The molecule has 3 nitrogen and oxygen atoms in total. The van der Waals surface area contributed by atoms with Crippen LogP contribution < -0.4 is 5.73 Å². The van der Waals surface area contributed by atoms with Gasteiger partial charge in [0, 0.05) is 18.8 Å². The van der Waals surface area contributed by atoms with Gasteiger partial charge in [0.15, 0.2) is 5.78 Å². The number of unbranched alkanes of at least 4 members (excludes halogenated alkanes) is 22. The van der Waals surface area contributed by atoms with Crippen LogP contribution in [0.3, 0.4) is 0 Å². The zero-order valence-corrected chi connectivity index (χ0v) is 30.4. The SMILES string of the molecule is CCCCCCCC/C=C\CCCCCCCC(=O)C1CCCCC1(N)C(=O)CCCCCCC/C=C\CCCCCCCC. The van der Waals surface area contributed by atoms with E-state index in [0.29, 0.717) is 19.3 Å². The summed E-state index contributed by atoms with van der Waals surface area (Å²) in [4.78, 5) is 26.5. The van der Waals surface area contributed by atoms with Gasteiger partial charge in [-0.15, -0.1) is 0 Å². The van der Waals surface area contributed by atoms with Gasteiger partial charge in [-0.1, -0.05) is 154 Å². The maximum absolute atomic E-state index is 13.3. The van der Waals surface area contributed by atoms with E-state index in [9.17, 15) is 9.59 Å². The van der Waals surface area contributed by atoms with Crippen molar-refractivity contribution in [2.75, 3.05) is 0 Å². The molecule has 2 unspecified atom stereocenters. The molecular formula is C42H77NO2. The number of allylic oxidation sites excluding steroid dienone is 4. The average Bonchev–Trinajstić information content (AvgIpc) is 3.04. The summed E-state index contributed by atoms with van der Waals surface area (Å²) in [5.74, 6) is 0.161. The van der Waals surface area contributed by atoms with Gasteiger partial charge in [-0.05, 0) is 77.0 Å². The quantitative estimate of drug-likeness (QED) is 0.0596. The van der Waals surface area contributed by atoms with Gasteiger partial charge in [0.05, 0.1) is 5.54 Å². The fourth-order valence-electron chi connectivity index (χ4n) is 7.11. The third-order valence-electron chi connectivity index (χ3n) is 10.2. The lowest BCUT2D eigenvalue weighted by molar-refractivity contribution is -0.136. The highest BCUT2D eigenvalue weighted by Crippen LogP contribution is 2.35. The van der Waals surface area contributed by atoms with Crippen molar-refractivity contribution < 1.29 is 9.59 Å². The number of hydrogen-bond acceptors (Lipinski definition) is 3. The van der Waals surface area contributed by atoms with E-state index in [0.717, 1.165) is 44.9 Å². The van der Waals surface area contributed by atoms with Crippen molar-refractivity contribution in [2.24, 2.45) is 11.7 Å². The molecule has 0 saturated heterocycles. The minimum Gasteiger partial charge on any atom is -0.318 e. The van der Waals surface area contributed by atoms with E-state index in [-0.39, 0.29) is 17.5 Å². The van der Waals surface area contributed by atoms with Crippen molar-refractivity contribution in [3.63, 3.8) is 0 Å². The summed E-state index contributed by atoms with van der Waals surface area (Å²) in [7, 11) is 0. The first-order chi connectivity index (χ1) is 22.1. The van der Waals surface area contributed by atoms with Crippen LogP contribution in [0.25, 0.3) is 0 Å². The van der Waals surface area contributed by atoms with Gasteiger partial charge >= 0.3 is 0 Å². The second-order valence-corrected chi connectivity index (χ2v) is 14.4. The molecule has 0 radical (unpaired) electrons. The van der Waals surface area contributed by atoms with E-state index >= 15 is 0 Å². The molecule has 2 atom stereocenters. The zero-order chi connectivity index (χ0) is 32.7. The Hall–Kier alpha value is -1.22. The molecule has 0 amide bonds. The van der Waals surface area contributed by atoms with Crippen LogP contribution in [0.15, 0.2) is 24.3 Å². The van der Waals surface area contributed by atoms with Crippen molar-refractivity contribution >= 4 is 11.6 Å². The first kappa shape index (κ1) is 41.8.